The molecular weight excluding hydrogens is 300 g/mol. The van der Waals surface area contributed by atoms with Crippen molar-refractivity contribution >= 4 is 23.2 Å². The van der Waals surface area contributed by atoms with Crippen molar-refractivity contribution in [2.75, 3.05) is 6.54 Å². The number of ether oxygens (including phenoxy) is 1. The van der Waals surface area contributed by atoms with Crippen molar-refractivity contribution in [1.29, 1.82) is 0 Å². The van der Waals surface area contributed by atoms with Crippen molar-refractivity contribution in [2.45, 2.75) is 58.1 Å². The molecule has 0 aromatic carbocycles. The van der Waals surface area contributed by atoms with Crippen LogP contribution in [0.4, 0.5) is 0 Å². The lowest BCUT2D eigenvalue weighted by atomic mass is 10.1. The molecule has 2 fully saturated rings. The number of carbonyl (C=O) groups is 2. The number of aromatic nitrogens is 1. The molecule has 1 aliphatic carbocycles. The zero-order chi connectivity index (χ0) is 15.5. The van der Waals surface area contributed by atoms with E-state index in [2.05, 4.69) is 11.9 Å². The Morgan fingerprint density at radius 3 is 2.91 bits per heavy atom. The Bertz CT molecular complexity index is 551. The van der Waals surface area contributed by atoms with Gasteiger partial charge in [-0.3, -0.25) is 9.59 Å². The number of likely N-dealkylation sites (tertiary alicyclic amines) is 1. The summed E-state index contributed by atoms with van der Waals surface area (Å²) in [6.45, 7) is 2.79. The maximum atomic E-state index is 12.2. The van der Waals surface area contributed by atoms with Gasteiger partial charge in [0.05, 0.1) is 16.6 Å². The number of esters is 1. The van der Waals surface area contributed by atoms with Crippen LogP contribution in [0.25, 0.3) is 0 Å². The standard InChI is InChI=1S/C16H22N2O3S/c1-2-14-17-12(10-22-14)9-21-16(20)11-7-15(19)18(8-11)13-5-3-4-6-13/h10-11,13H,2-9H2,1H3/t11-/m1/s1. The van der Waals surface area contributed by atoms with Gasteiger partial charge in [0.25, 0.3) is 0 Å². The van der Waals surface area contributed by atoms with Crippen molar-refractivity contribution in [2.24, 2.45) is 5.92 Å². The smallest absolute Gasteiger partial charge is 0.311 e. The van der Waals surface area contributed by atoms with Crippen LogP contribution in [-0.4, -0.2) is 34.3 Å². The van der Waals surface area contributed by atoms with Gasteiger partial charge in [0.15, 0.2) is 0 Å². The first-order valence-corrected chi connectivity index (χ1v) is 8.94. The Labute approximate surface area is 134 Å². The minimum atomic E-state index is -0.308. The van der Waals surface area contributed by atoms with Crippen LogP contribution in [0.2, 0.25) is 0 Å². The lowest BCUT2D eigenvalue weighted by Crippen LogP contribution is -2.35. The second-order valence-corrected chi connectivity index (χ2v) is 7.02. The second kappa shape index (κ2) is 6.77. The molecule has 1 amide bonds. The van der Waals surface area contributed by atoms with E-state index in [4.69, 9.17) is 4.74 Å². The summed E-state index contributed by atoms with van der Waals surface area (Å²) < 4.78 is 5.36. The summed E-state index contributed by atoms with van der Waals surface area (Å²) in [6.07, 6.45) is 5.72. The molecular formula is C16H22N2O3S. The van der Waals surface area contributed by atoms with E-state index < -0.39 is 0 Å². The van der Waals surface area contributed by atoms with Crippen LogP contribution in [0.5, 0.6) is 0 Å². The van der Waals surface area contributed by atoms with Gasteiger partial charge in [-0.15, -0.1) is 11.3 Å². The highest BCUT2D eigenvalue weighted by Gasteiger charge is 2.39. The molecule has 1 aromatic heterocycles. The number of nitrogens with zero attached hydrogens (tertiary/aromatic N) is 2. The topological polar surface area (TPSA) is 59.5 Å². The highest BCUT2D eigenvalue weighted by molar-refractivity contribution is 7.09. The maximum absolute atomic E-state index is 12.2. The third-order valence-corrected chi connectivity index (χ3v) is 5.56. The summed E-state index contributed by atoms with van der Waals surface area (Å²) in [5.74, 6) is -0.465. The quantitative estimate of drug-likeness (QED) is 0.782. The highest BCUT2D eigenvalue weighted by atomic mass is 32.1. The van der Waals surface area contributed by atoms with Crippen LogP contribution in [0.3, 0.4) is 0 Å². The van der Waals surface area contributed by atoms with E-state index in [-0.39, 0.29) is 24.4 Å². The molecule has 0 bridgehead atoms. The van der Waals surface area contributed by atoms with Crippen LogP contribution in [0.1, 0.15) is 49.7 Å². The molecule has 2 heterocycles. The first kappa shape index (κ1) is 15.5. The Balaban J connectivity index is 1.51. The second-order valence-electron chi connectivity index (χ2n) is 6.08. The molecule has 1 saturated carbocycles. The summed E-state index contributed by atoms with van der Waals surface area (Å²) in [4.78, 5) is 30.6. The Hall–Kier alpha value is -1.43. The van der Waals surface area contributed by atoms with Gasteiger partial charge in [0.1, 0.15) is 6.61 Å². The number of thiazole rings is 1. The molecule has 22 heavy (non-hydrogen) atoms. The molecule has 5 nitrogen and oxygen atoms in total. The van der Waals surface area contributed by atoms with E-state index in [0.717, 1.165) is 30.0 Å². The van der Waals surface area contributed by atoms with E-state index >= 15 is 0 Å². The Morgan fingerprint density at radius 1 is 1.45 bits per heavy atom. The van der Waals surface area contributed by atoms with Crippen molar-refractivity contribution in [3.05, 3.63) is 16.1 Å². The van der Waals surface area contributed by atoms with Crippen molar-refractivity contribution < 1.29 is 14.3 Å². The SMILES string of the molecule is CCc1nc(COC(=O)[C@@H]2CC(=O)N(C3CCCC3)C2)cs1. The fourth-order valence-electron chi connectivity index (χ4n) is 3.30. The summed E-state index contributed by atoms with van der Waals surface area (Å²) in [7, 11) is 0. The fraction of sp³-hybridized carbons (Fsp3) is 0.688. The molecule has 0 unspecified atom stereocenters. The lowest BCUT2D eigenvalue weighted by Gasteiger charge is -2.23. The summed E-state index contributed by atoms with van der Waals surface area (Å²) in [5.41, 5.74) is 0.798. The van der Waals surface area contributed by atoms with Crippen molar-refractivity contribution in [3.63, 3.8) is 0 Å². The van der Waals surface area contributed by atoms with E-state index in [9.17, 15) is 9.59 Å². The normalized spacial score (nSPS) is 22.5. The first-order valence-electron chi connectivity index (χ1n) is 8.06. The lowest BCUT2D eigenvalue weighted by molar-refractivity contribution is -0.149. The molecule has 3 rings (SSSR count). The third-order valence-electron chi connectivity index (χ3n) is 4.52. The number of amides is 1. The monoisotopic (exact) mass is 322 g/mol. The molecule has 6 heteroatoms. The van der Waals surface area contributed by atoms with Gasteiger partial charge >= 0.3 is 5.97 Å². The average molecular weight is 322 g/mol. The molecule has 1 aliphatic heterocycles. The molecule has 0 N–H and O–H groups in total. The predicted molar refractivity (Wildman–Crippen MR) is 83.4 cm³/mol. The molecule has 2 aliphatic rings. The van der Waals surface area contributed by atoms with E-state index in [1.165, 1.54) is 12.8 Å². The predicted octanol–water partition coefficient (Wildman–Crippen LogP) is 2.54. The van der Waals surface area contributed by atoms with Crippen LogP contribution in [0.15, 0.2) is 5.38 Å². The number of aryl methyl sites for hydroxylation is 1. The molecule has 1 aromatic rings. The van der Waals surface area contributed by atoms with Crippen LogP contribution in [-0.2, 0) is 27.4 Å². The highest BCUT2D eigenvalue weighted by Crippen LogP contribution is 2.30. The molecule has 1 saturated heterocycles. The van der Waals surface area contributed by atoms with Gasteiger partial charge in [-0.25, -0.2) is 4.98 Å². The van der Waals surface area contributed by atoms with Gasteiger partial charge in [-0.2, -0.15) is 0 Å². The van der Waals surface area contributed by atoms with Gasteiger partial charge in [-0.1, -0.05) is 19.8 Å². The van der Waals surface area contributed by atoms with Crippen molar-refractivity contribution in [3.8, 4) is 0 Å². The van der Waals surface area contributed by atoms with E-state index in [1.54, 1.807) is 11.3 Å². The average Bonchev–Trinajstić information content (AvgIpc) is 3.24. The fourth-order valence-corrected chi connectivity index (χ4v) is 4.03. The maximum Gasteiger partial charge on any atom is 0.311 e. The van der Waals surface area contributed by atoms with Gasteiger partial charge in [0.2, 0.25) is 5.91 Å². The van der Waals surface area contributed by atoms with Crippen LogP contribution in [0, 0.1) is 5.92 Å². The summed E-state index contributed by atoms with van der Waals surface area (Å²) in [5, 5.41) is 2.98. The number of rotatable bonds is 5. The molecule has 0 radical (unpaired) electrons. The minimum Gasteiger partial charge on any atom is -0.459 e. The zero-order valence-electron chi connectivity index (χ0n) is 12.9. The van der Waals surface area contributed by atoms with Gasteiger partial charge in [-0.05, 0) is 19.3 Å². The zero-order valence-corrected chi connectivity index (χ0v) is 13.7. The van der Waals surface area contributed by atoms with Crippen LogP contribution >= 0.6 is 11.3 Å². The van der Waals surface area contributed by atoms with Crippen LogP contribution < -0.4 is 0 Å². The molecule has 120 valence electrons. The Morgan fingerprint density at radius 2 is 2.23 bits per heavy atom. The van der Waals surface area contributed by atoms with E-state index in [0.29, 0.717) is 19.0 Å². The van der Waals surface area contributed by atoms with Gasteiger partial charge in [0, 0.05) is 24.4 Å². The third kappa shape index (κ3) is 3.32. The summed E-state index contributed by atoms with van der Waals surface area (Å²) in [6, 6.07) is 0.343. The number of hydrogen-bond acceptors (Lipinski definition) is 5. The number of hydrogen-bond donors (Lipinski definition) is 0. The Kier molecular flexibility index (Phi) is 4.76. The van der Waals surface area contributed by atoms with Gasteiger partial charge < -0.3 is 9.64 Å². The molecule has 0 spiro atoms. The first-order chi connectivity index (χ1) is 10.7. The minimum absolute atomic E-state index is 0.107. The largest absolute Gasteiger partial charge is 0.459 e. The van der Waals surface area contributed by atoms with E-state index in [1.807, 2.05) is 10.3 Å². The van der Waals surface area contributed by atoms with Crippen molar-refractivity contribution in [1.82, 2.24) is 9.88 Å². The number of carbonyl (C=O) groups excluding carboxylic acids is 2. The summed E-state index contributed by atoms with van der Waals surface area (Å²) >= 11 is 1.59. The molecule has 1 atom stereocenters.